The number of nitrogens with one attached hydrogen (secondary N) is 1. The lowest BCUT2D eigenvalue weighted by Crippen LogP contribution is -2.09. The van der Waals surface area contributed by atoms with Gasteiger partial charge in [0.05, 0.1) is 11.3 Å². The predicted molar refractivity (Wildman–Crippen MR) is 75.5 cm³/mol. The molecular formula is C16H10F5NO. The standard InChI is InChI=1S/C16H10F5NO/c17-12-6-7-14(13(18)9-12)22-15(23)8-3-10-1-4-11(5-2-10)16(19,20)21/h1-9H,(H,22,23)/b8-3+. The molecule has 0 saturated carbocycles. The first-order valence-electron chi connectivity index (χ1n) is 6.37. The second-order valence-electron chi connectivity index (χ2n) is 4.57. The van der Waals surface area contributed by atoms with Gasteiger partial charge in [-0.15, -0.1) is 0 Å². The summed E-state index contributed by atoms with van der Waals surface area (Å²) in [6.07, 6.45) is -2.12. The summed E-state index contributed by atoms with van der Waals surface area (Å²) in [7, 11) is 0. The van der Waals surface area contributed by atoms with Gasteiger partial charge in [-0.2, -0.15) is 13.2 Å². The summed E-state index contributed by atoms with van der Waals surface area (Å²) in [5.41, 5.74) is -0.631. The van der Waals surface area contributed by atoms with E-state index in [0.717, 1.165) is 30.3 Å². The summed E-state index contributed by atoms with van der Waals surface area (Å²) < 4.78 is 63.3. The van der Waals surface area contributed by atoms with Crippen LogP contribution in [0.5, 0.6) is 0 Å². The molecule has 0 saturated heterocycles. The molecule has 0 spiro atoms. The van der Waals surface area contributed by atoms with Gasteiger partial charge in [-0.3, -0.25) is 4.79 Å². The molecule has 0 atom stereocenters. The second kappa shape index (κ2) is 6.60. The summed E-state index contributed by atoms with van der Waals surface area (Å²) in [5.74, 6) is -2.41. The Bertz CT molecular complexity index is 735. The molecule has 1 amide bonds. The third kappa shape index (κ3) is 4.64. The van der Waals surface area contributed by atoms with Crippen LogP contribution >= 0.6 is 0 Å². The highest BCUT2D eigenvalue weighted by Gasteiger charge is 2.29. The number of anilines is 1. The number of amides is 1. The predicted octanol–water partition coefficient (Wildman–Crippen LogP) is 4.64. The Labute approximate surface area is 128 Å². The molecule has 0 aromatic heterocycles. The zero-order valence-corrected chi connectivity index (χ0v) is 11.5. The van der Waals surface area contributed by atoms with Gasteiger partial charge in [0.15, 0.2) is 0 Å². The fourth-order valence-electron chi connectivity index (χ4n) is 1.72. The zero-order chi connectivity index (χ0) is 17.0. The highest BCUT2D eigenvalue weighted by atomic mass is 19.4. The van der Waals surface area contributed by atoms with Crippen molar-refractivity contribution in [2.45, 2.75) is 6.18 Å². The molecule has 0 aliphatic rings. The number of benzene rings is 2. The molecule has 0 aliphatic carbocycles. The van der Waals surface area contributed by atoms with Crippen molar-refractivity contribution in [1.29, 1.82) is 0 Å². The van der Waals surface area contributed by atoms with Crippen molar-refractivity contribution in [1.82, 2.24) is 0 Å². The van der Waals surface area contributed by atoms with Gasteiger partial charge in [0.2, 0.25) is 5.91 Å². The summed E-state index contributed by atoms with van der Waals surface area (Å²) in [4.78, 5) is 11.6. The Morgan fingerprint density at radius 2 is 1.65 bits per heavy atom. The van der Waals surface area contributed by atoms with Crippen LogP contribution in [-0.2, 0) is 11.0 Å². The molecule has 0 aliphatic heterocycles. The molecule has 23 heavy (non-hydrogen) atoms. The smallest absolute Gasteiger partial charge is 0.320 e. The van der Waals surface area contributed by atoms with Crippen LogP contribution in [0.2, 0.25) is 0 Å². The van der Waals surface area contributed by atoms with Crippen LogP contribution in [0.3, 0.4) is 0 Å². The van der Waals surface area contributed by atoms with Crippen molar-refractivity contribution in [3.8, 4) is 0 Å². The minimum absolute atomic E-state index is 0.200. The summed E-state index contributed by atoms with van der Waals surface area (Å²) in [5, 5.41) is 2.20. The van der Waals surface area contributed by atoms with Crippen molar-refractivity contribution in [2.24, 2.45) is 0 Å². The van der Waals surface area contributed by atoms with Gasteiger partial charge in [-0.1, -0.05) is 12.1 Å². The Morgan fingerprint density at radius 3 is 2.22 bits per heavy atom. The van der Waals surface area contributed by atoms with Gasteiger partial charge in [0.25, 0.3) is 0 Å². The maximum Gasteiger partial charge on any atom is 0.416 e. The third-order valence-electron chi connectivity index (χ3n) is 2.85. The molecule has 2 aromatic carbocycles. The molecule has 2 aromatic rings. The third-order valence-corrected chi connectivity index (χ3v) is 2.85. The molecule has 1 N–H and O–H groups in total. The first-order valence-corrected chi connectivity index (χ1v) is 6.37. The van der Waals surface area contributed by atoms with Gasteiger partial charge < -0.3 is 5.32 Å². The maximum atomic E-state index is 13.3. The largest absolute Gasteiger partial charge is 0.416 e. The van der Waals surface area contributed by atoms with E-state index in [1.165, 1.54) is 18.2 Å². The normalized spacial score (nSPS) is 11.7. The van der Waals surface area contributed by atoms with E-state index in [4.69, 9.17) is 0 Å². The molecule has 0 bridgehead atoms. The lowest BCUT2D eigenvalue weighted by Gasteiger charge is -2.06. The number of alkyl halides is 3. The number of rotatable bonds is 3. The minimum Gasteiger partial charge on any atom is -0.320 e. The van der Waals surface area contributed by atoms with Crippen LogP contribution < -0.4 is 5.32 Å². The van der Waals surface area contributed by atoms with Gasteiger partial charge >= 0.3 is 6.18 Å². The molecule has 0 unspecified atom stereocenters. The average molecular weight is 327 g/mol. The quantitative estimate of drug-likeness (QED) is 0.646. The molecule has 2 rings (SSSR count). The Balaban J connectivity index is 2.03. The summed E-state index contributed by atoms with van der Waals surface area (Å²) in [6, 6.07) is 6.84. The first kappa shape index (κ1) is 16.7. The molecule has 2 nitrogen and oxygen atoms in total. The minimum atomic E-state index is -4.43. The van der Waals surface area contributed by atoms with E-state index >= 15 is 0 Å². The van der Waals surface area contributed by atoms with E-state index in [-0.39, 0.29) is 5.69 Å². The van der Waals surface area contributed by atoms with Crippen molar-refractivity contribution in [3.05, 3.63) is 71.3 Å². The van der Waals surface area contributed by atoms with Gasteiger partial charge in [0, 0.05) is 12.1 Å². The maximum absolute atomic E-state index is 13.3. The van der Waals surface area contributed by atoms with Crippen LogP contribution in [0, 0.1) is 11.6 Å². The highest BCUT2D eigenvalue weighted by Crippen LogP contribution is 2.29. The molecule has 0 radical (unpaired) electrons. The van der Waals surface area contributed by atoms with E-state index in [2.05, 4.69) is 5.32 Å². The van der Waals surface area contributed by atoms with E-state index in [1.807, 2.05) is 0 Å². The van der Waals surface area contributed by atoms with E-state index in [1.54, 1.807) is 0 Å². The Morgan fingerprint density at radius 1 is 1.00 bits per heavy atom. The zero-order valence-electron chi connectivity index (χ0n) is 11.5. The van der Waals surface area contributed by atoms with Crippen LogP contribution in [0.1, 0.15) is 11.1 Å². The highest BCUT2D eigenvalue weighted by molar-refractivity contribution is 6.01. The van der Waals surface area contributed by atoms with Gasteiger partial charge in [-0.25, -0.2) is 8.78 Å². The average Bonchev–Trinajstić information content (AvgIpc) is 2.47. The summed E-state index contributed by atoms with van der Waals surface area (Å²) in [6.45, 7) is 0. The molecule has 0 fully saturated rings. The monoisotopic (exact) mass is 327 g/mol. The van der Waals surface area contributed by atoms with Gasteiger partial charge in [-0.05, 0) is 35.9 Å². The first-order chi connectivity index (χ1) is 10.8. The van der Waals surface area contributed by atoms with E-state index in [0.29, 0.717) is 11.6 Å². The van der Waals surface area contributed by atoms with Crippen LogP contribution in [-0.4, -0.2) is 5.91 Å². The molecule has 7 heteroatoms. The fourth-order valence-corrected chi connectivity index (χ4v) is 1.72. The van der Waals surface area contributed by atoms with Crippen molar-refractivity contribution >= 4 is 17.7 Å². The number of hydrogen-bond acceptors (Lipinski definition) is 1. The number of carbonyl (C=O) groups excluding carboxylic acids is 1. The van der Waals surface area contributed by atoms with Crippen LogP contribution in [0.15, 0.2) is 48.5 Å². The van der Waals surface area contributed by atoms with Crippen LogP contribution in [0.25, 0.3) is 6.08 Å². The fraction of sp³-hybridized carbons (Fsp3) is 0.0625. The SMILES string of the molecule is O=C(/C=C/c1ccc(C(F)(F)F)cc1)Nc1ccc(F)cc1F. The number of carbonyl (C=O) groups is 1. The second-order valence-corrected chi connectivity index (χ2v) is 4.57. The van der Waals surface area contributed by atoms with Crippen molar-refractivity contribution in [2.75, 3.05) is 5.32 Å². The Kier molecular flexibility index (Phi) is 4.78. The lowest BCUT2D eigenvalue weighted by atomic mass is 10.1. The number of hydrogen-bond donors (Lipinski definition) is 1. The van der Waals surface area contributed by atoms with Crippen molar-refractivity contribution < 1.29 is 26.7 Å². The topological polar surface area (TPSA) is 29.1 Å². The molecule has 0 heterocycles. The lowest BCUT2D eigenvalue weighted by molar-refractivity contribution is -0.137. The Hall–Kier alpha value is -2.70. The molecular weight excluding hydrogens is 317 g/mol. The van der Waals surface area contributed by atoms with Gasteiger partial charge in [0.1, 0.15) is 11.6 Å². The number of halogens is 5. The van der Waals surface area contributed by atoms with E-state index < -0.39 is 29.3 Å². The molecule has 120 valence electrons. The van der Waals surface area contributed by atoms with E-state index in [9.17, 15) is 26.7 Å². The van der Waals surface area contributed by atoms with Crippen LogP contribution in [0.4, 0.5) is 27.6 Å². The summed E-state index contributed by atoms with van der Waals surface area (Å²) >= 11 is 0. The van der Waals surface area contributed by atoms with Crippen molar-refractivity contribution in [3.63, 3.8) is 0 Å².